The van der Waals surface area contributed by atoms with Crippen molar-refractivity contribution in [3.05, 3.63) is 0 Å². The van der Waals surface area contributed by atoms with Crippen LogP contribution in [0.1, 0.15) is 39.0 Å². The van der Waals surface area contributed by atoms with Crippen molar-refractivity contribution >= 4 is 43.6 Å². The van der Waals surface area contributed by atoms with Gasteiger partial charge in [-0.05, 0) is 25.7 Å². The lowest BCUT2D eigenvalue weighted by atomic mass is 9.82. The highest BCUT2D eigenvalue weighted by molar-refractivity contribution is 9.25. The monoisotopic (exact) mass is 340 g/mol. The van der Waals surface area contributed by atoms with E-state index in [1.54, 1.807) is 0 Å². The van der Waals surface area contributed by atoms with Gasteiger partial charge in [0.15, 0.2) is 5.60 Å². The summed E-state index contributed by atoms with van der Waals surface area (Å²) in [6.07, 6.45) is 4.25. The molecule has 0 aliphatic heterocycles. The Morgan fingerprint density at radius 2 is 1.73 bits per heavy atom. The van der Waals surface area contributed by atoms with Gasteiger partial charge in [-0.2, -0.15) is 0 Å². The van der Waals surface area contributed by atoms with E-state index in [0.717, 1.165) is 19.3 Å². The molecule has 1 rings (SSSR count). The minimum absolute atomic E-state index is 0.0857. The minimum Gasteiger partial charge on any atom is -0.451 e. The summed E-state index contributed by atoms with van der Waals surface area (Å²) >= 11 is 6.35. The molecule has 1 fully saturated rings. The number of carbonyl (C=O) groups excluding carboxylic acids is 2. The highest BCUT2D eigenvalue weighted by Crippen LogP contribution is 2.35. The number of rotatable bonds is 3. The van der Waals surface area contributed by atoms with Crippen molar-refractivity contribution in [2.24, 2.45) is 0 Å². The summed E-state index contributed by atoms with van der Waals surface area (Å²) in [7, 11) is 0. The average Bonchev–Trinajstić information content (AvgIpc) is 2.16. The van der Waals surface area contributed by atoms with Crippen LogP contribution in [0.25, 0.3) is 0 Å². The topological polar surface area (TPSA) is 43.4 Å². The number of carbonyl (C=O) groups is 2. The molecule has 0 amide bonds. The van der Waals surface area contributed by atoms with Crippen LogP contribution in [0.5, 0.6) is 0 Å². The fourth-order valence-corrected chi connectivity index (χ4v) is 2.83. The van der Waals surface area contributed by atoms with Gasteiger partial charge in [0.05, 0.1) is 0 Å². The standard InChI is InChI=1S/C10H14Br2O3/c1-7(13)15-10(8(14)9(11)12)5-3-2-4-6-10/h9H,2-6H2,1H3. The first-order valence-corrected chi connectivity index (χ1v) is 6.83. The quantitative estimate of drug-likeness (QED) is 0.585. The molecule has 0 heterocycles. The van der Waals surface area contributed by atoms with E-state index in [9.17, 15) is 9.59 Å². The summed E-state index contributed by atoms with van der Waals surface area (Å²) in [5, 5.41) is 0. The molecule has 0 aromatic heterocycles. The van der Waals surface area contributed by atoms with Gasteiger partial charge in [0.25, 0.3) is 0 Å². The third-order valence-electron chi connectivity index (χ3n) is 2.65. The number of alkyl halides is 2. The van der Waals surface area contributed by atoms with Crippen molar-refractivity contribution in [3.8, 4) is 0 Å². The van der Waals surface area contributed by atoms with Crippen molar-refractivity contribution in [1.82, 2.24) is 0 Å². The van der Waals surface area contributed by atoms with Crippen molar-refractivity contribution in [2.75, 3.05) is 0 Å². The number of hydrogen-bond acceptors (Lipinski definition) is 3. The van der Waals surface area contributed by atoms with E-state index in [2.05, 4.69) is 31.9 Å². The Bertz CT molecular complexity index is 257. The molecule has 5 heteroatoms. The van der Waals surface area contributed by atoms with E-state index in [-0.39, 0.29) is 11.8 Å². The molecule has 0 aromatic carbocycles. The van der Waals surface area contributed by atoms with Crippen LogP contribution in [-0.2, 0) is 14.3 Å². The van der Waals surface area contributed by atoms with Crippen LogP contribution >= 0.6 is 31.9 Å². The number of ether oxygens (including phenoxy) is 1. The first-order chi connectivity index (χ1) is 6.98. The van der Waals surface area contributed by atoms with Crippen LogP contribution in [0.15, 0.2) is 0 Å². The fourth-order valence-electron chi connectivity index (χ4n) is 2.00. The maximum Gasteiger partial charge on any atom is 0.303 e. The predicted octanol–water partition coefficient (Wildman–Crippen LogP) is 2.94. The number of ketones is 1. The molecular weight excluding hydrogens is 328 g/mol. The van der Waals surface area contributed by atoms with E-state index in [4.69, 9.17) is 4.74 Å². The van der Waals surface area contributed by atoms with Crippen LogP contribution < -0.4 is 0 Å². The van der Waals surface area contributed by atoms with E-state index >= 15 is 0 Å². The molecule has 0 bridgehead atoms. The van der Waals surface area contributed by atoms with Crippen LogP contribution in [-0.4, -0.2) is 21.1 Å². The summed E-state index contributed by atoms with van der Waals surface area (Å²) in [5.41, 5.74) is -0.901. The zero-order chi connectivity index (χ0) is 11.5. The average molecular weight is 342 g/mol. The largest absolute Gasteiger partial charge is 0.451 e. The zero-order valence-electron chi connectivity index (χ0n) is 8.59. The zero-order valence-corrected chi connectivity index (χ0v) is 11.8. The molecule has 0 radical (unpaired) electrons. The molecule has 86 valence electrons. The number of hydrogen-bond donors (Lipinski definition) is 0. The Labute approximate surface area is 106 Å². The van der Waals surface area contributed by atoms with Gasteiger partial charge in [0.1, 0.15) is 3.74 Å². The number of Topliss-reactive ketones (excluding diaryl/α,β-unsaturated/α-hetero) is 1. The number of esters is 1. The van der Waals surface area contributed by atoms with E-state index in [1.807, 2.05) is 0 Å². The van der Waals surface area contributed by atoms with Crippen LogP contribution in [0.3, 0.4) is 0 Å². The fraction of sp³-hybridized carbons (Fsp3) is 0.800. The molecule has 1 aliphatic carbocycles. The second-order valence-corrected chi connectivity index (χ2v) is 6.87. The lowest BCUT2D eigenvalue weighted by Crippen LogP contribution is -2.47. The molecular formula is C10H14Br2O3. The Kier molecular flexibility index (Phi) is 4.77. The van der Waals surface area contributed by atoms with Crippen molar-refractivity contribution in [3.63, 3.8) is 0 Å². The van der Waals surface area contributed by atoms with Gasteiger partial charge in [-0.1, -0.05) is 38.3 Å². The molecule has 1 aliphatic rings. The molecule has 0 N–H and O–H groups in total. The van der Waals surface area contributed by atoms with Crippen molar-refractivity contribution in [1.29, 1.82) is 0 Å². The molecule has 0 saturated heterocycles. The summed E-state index contributed by atoms with van der Waals surface area (Å²) in [5.74, 6) is -0.469. The first kappa shape index (κ1) is 13.2. The third-order valence-corrected chi connectivity index (χ3v) is 3.48. The highest BCUT2D eigenvalue weighted by Gasteiger charge is 2.44. The molecule has 0 unspecified atom stereocenters. The van der Waals surface area contributed by atoms with E-state index in [1.165, 1.54) is 6.92 Å². The lowest BCUT2D eigenvalue weighted by molar-refractivity contribution is -0.168. The predicted molar refractivity (Wildman–Crippen MR) is 64.2 cm³/mol. The van der Waals surface area contributed by atoms with Gasteiger partial charge >= 0.3 is 5.97 Å². The first-order valence-electron chi connectivity index (χ1n) is 5.00. The summed E-state index contributed by atoms with van der Waals surface area (Å²) < 4.78 is 4.81. The van der Waals surface area contributed by atoms with Crippen LogP contribution in [0.2, 0.25) is 0 Å². The Balaban J connectivity index is 2.84. The maximum atomic E-state index is 12.0. The Morgan fingerprint density at radius 3 is 2.13 bits per heavy atom. The van der Waals surface area contributed by atoms with Crippen LogP contribution in [0.4, 0.5) is 0 Å². The van der Waals surface area contributed by atoms with Crippen molar-refractivity contribution in [2.45, 2.75) is 48.4 Å². The second kappa shape index (κ2) is 5.43. The van der Waals surface area contributed by atoms with Gasteiger partial charge in [0.2, 0.25) is 5.78 Å². The third kappa shape index (κ3) is 3.28. The smallest absolute Gasteiger partial charge is 0.303 e. The summed E-state index contributed by atoms with van der Waals surface area (Å²) in [6, 6.07) is 0. The second-order valence-electron chi connectivity index (χ2n) is 3.81. The molecule has 0 spiro atoms. The number of halogens is 2. The van der Waals surface area contributed by atoms with Gasteiger partial charge in [-0.15, -0.1) is 0 Å². The molecule has 1 saturated carbocycles. The normalized spacial score (nSPS) is 20.0. The SMILES string of the molecule is CC(=O)OC1(C(=O)C(Br)Br)CCCCC1. The molecule has 0 atom stereocenters. The summed E-state index contributed by atoms with van der Waals surface area (Å²) in [6.45, 7) is 1.35. The maximum absolute atomic E-state index is 12.0. The molecule has 0 aromatic rings. The van der Waals surface area contributed by atoms with E-state index in [0.29, 0.717) is 12.8 Å². The minimum atomic E-state index is -0.901. The molecule has 15 heavy (non-hydrogen) atoms. The lowest BCUT2D eigenvalue weighted by Gasteiger charge is -2.35. The Morgan fingerprint density at radius 1 is 1.20 bits per heavy atom. The Hall–Kier alpha value is 0.1000. The highest BCUT2D eigenvalue weighted by atomic mass is 79.9. The van der Waals surface area contributed by atoms with Gasteiger partial charge < -0.3 is 4.74 Å². The van der Waals surface area contributed by atoms with Crippen LogP contribution in [0, 0.1) is 0 Å². The van der Waals surface area contributed by atoms with Gasteiger partial charge in [-0.3, -0.25) is 9.59 Å². The van der Waals surface area contributed by atoms with Gasteiger partial charge in [0, 0.05) is 6.92 Å². The van der Waals surface area contributed by atoms with Gasteiger partial charge in [-0.25, -0.2) is 0 Å². The van der Waals surface area contributed by atoms with E-state index < -0.39 is 9.34 Å². The van der Waals surface area contributed by atoms with Crippen molar-refractivity contribution < 1.29 is 14.3 Å². The molecule has 3 nitrogen and oxygen atoms in total. The summed E-state index contributed by atoms with van der Waals surface area (Å²) in [4.78, 5) is 23.0.